The molecule has 9 heteroatoms. The molecule has 4 N–H and O–H groups in total. The Morgan fingerprint density at radius 3 is 2.43 bits per heavy atom. The molecule has 30 heavy (non-hydrogen) atoms. The maximum absolute atomic E-state index is 11.4. The zero-order chi connectivity index (χ0) is 20.9. The zero-order valence-corrected chi connectivity index (χ0v) is 20.5. The fourth-order valence-electron chi connectivity index (χ4n) is 3.34. The second kappa shape index (κ2) is 11.0. The third-order valence-electron chi connectivity index (χ3n) is 4.94. The summed E-state index contributed by atoms with van der Waals surface area (Å²) in [5.74, 6) is 0.763. The highest BCUT2D eigenvalue weighted by atomic mass is 127. The largest absolute Gasteiger partial charge is 0.369 e. The number of halogens is 1. The number of primary sulfonamides is 1. The van der Waals surface area contributed by atoms with Crippen LogP contribution in [-0.4, -0.2) is 40.1 Å². The summed E-state index contributed by atoms with van der Waals surface area (Å²) in [6.45, 7) is 7.29. The molecule has 1 saturated heterocycles. The van der Waals surface area contributed by atoms with Gasteiger partial charge in [-0.2, -0.15) is 0 Å². The van der Waals surface area contributed by atoms with Crippen molar-refractivity contribution in [3.63, 3.8) is 0 Å². The number of anilines is 1. The number of hydrogen-bond acceptors (Lipinski definition) is 4. The molecule has 1 aliphatic heterocycles. The minimum absolute atomic E-state index is 0. The van der Waals surface area contributed by atoms with Gasteiger partial charge in [0.15, 0.2) is 5.96 Å². The van der Waals surface area contributed by atoms with Crippen LogP contribution in [0, 0.1) is 6.92 Å². The number of nitrogens with one attached hydrogen (secondary N) is 2. The Labute approximate surface area is 196 Å². The lowest BCUT2D eigenvalue weighted by Crippen LogP contribution is -2.44. The fourth-order valence-corrected chi connectivity index (χ4v) is 3.85. The first kappa shape index (κ1) is 24.4. The normalized spacial score (nSPS) is 16.8. The van der Waals surface area contributed by atoms with Gasteiger partial charge in [-0.05, 0) is 50.1 Å². The lowest BCUT2D eigenvalue weighted by atomic mass is 10.2. The molecule has 0 spiro atoms. The molecular formula is C21H30IN5O2S. The van der Waals surface area contributed by atoms with Gasteiger partial charge < -0.3 is 15.5 Å². The number of nitrogens with two attached hydrogens (primary N) is 1. The lowest BCUT2D eigenvalue weighted by Gasteiger charge is -2.20. The molecule has 0 aromatic heterocycles. The smallest absolute Gasteiger partial charge is 0.238 e. The Kier molecular flexibility index (Phi) is 8.92. The molecule has 0 aliphatic carbocycles. The summed E-state index contributed by atoms with van der Waals surface area (Å²) in [6, 6.07) is 15.4. The minimum atomic E-state index is -3.67. The molecule has 1 aliphatic rings. The Morgan fingerprint density at radius 2 is 1.83 bits per heavy atom. The number of aryl methyl sites for hydroxylation is 1. The van der Waals surface area contributed by atoms with Gasteiger partial charge in [-0.15, -0.1) is 24.0 Å². The molecule has 0 radical (unpaired) electrons. The van der Waals surface area contributed by atoms with Gasteiger partial charge in [0, 0.05) is 31.4 Å². The zero-order valence-electron chi connectivity index (χ0n) is 17.3. The van der Waals surface area contributed by atoms with Crippen LogP contribution in [0.15, 0.2) is 58.4 Å². The van der Waals surface area contributed by atoms with Crippen LogP contribution in [0.25, 0.3) is 0 Å². The van der Waals surface area contributed by atoms with Crippen LogP contribution in [0.4, 0.5) is 5.69 Å². The van der Waals surface area contributed by atoms with E-state index >= 15 is 0 Å². The van der Waals surface area contributed by atoms with E-state index in [9.17, 15) is 8.42 Å². The standard InChI is InChI=1S/C21H29N5O2S.HI/c1-3-23-21(24-14-17-6-10-20(11-7-17)29(22,27)28)25-18-12-13-26(15-18)19-8-4-16(2)5-9-19;/h4-11,18H,3,12-15H2,1-2H3,(H2,22,27,28)(H2,23,24,25);1H. The molecule has 7 nitrogen and oxygen atoms in total. The van der Waals surface area contributed by atoms with Crippen LogP contribution in [0.5, 0.6) is 0 Å². The van der Waals surface area contributed by atoms with Crippen molar-refractivity contribution in [2.45, 2.75) is 37.8 Å². The number of guanidine groups is 1. The average molecular weight is 543 g/mol. The van der Waals surface area contributed by atoms with Crippen LogP contribution in [0.3, 0.4) is 0 Å². The molecule has 2 aromatic rings. The summed E-state index contributed by atoms with van der Waals surface area (Å²) in [7, 11) is -3.67. The van der Waals surface area contributed by atoms with E-state index in [-0.39, 0.29) is 28.9 Å². The SMILES string of the molecule is CCNC(=NCc1ccc(S(N)(=O)=O)cc1)NC1CCN(c2ccc(C)cc2)C1.I. The van der Waals surface area contributed by atoms with Crippen LogP contribution >= 0.6 is 24.0 Å². The molecule has 1 fully saturated rings. The van der Waals surface area contributed by atoms with Gasteiger partial charge in [-0.3, -0.25) is 0 Å². The van der Waals surface area contributed by atoms with E-state index in [1.807, 2.05) is 6.92 Å². The second-order valence-electron chi connectivity index (χ2n) is 7.30. The van der Waals surface area contributed by atoms with Crippen molar-refractivity contribution in [1.29, 1.82) is 0 Å². The van der Waals surface area contributed by atoms with Gasteiger partial charge in [0.25, 0.3) is 0 Å². The third-order valence-corrected chi connectivity index (χ3v) is 5.87. The summed E-state index contributed by atoms with van der Waals surface area (Å²) in [4.78, 5) is 7.13. The van der Waals surface area contributed by atoms with E-state index in [0.717, 1.165) is 37.6 Å². The van der Waals surface area contributed by atoms with Gasteiger partial charge in [0.1, 0.15) is 0 Å². The van der Waals surface area contributed by atoms with Gasteiger partial charge in [0.2, 0.25) is 10.0 Å². The summed E-state index contributed by atoms with van der Waals surface area (Å²) >= 11 is 0. The first-order chi connectivity index (χ1) is 13.8. The Balaban J connectivity index is 0.00000320. The van der Waals surface area contributed by atoms with Crippen LogP contribution in [0.2, 0.25) is 0 Å². The van der Waals surface area contributed by atoms with Crippen molar-refractivity contribution in [1.82, 2.24) is 10.6 Å². The Hall–Kier alpha value is -1.85. The number of sulfonamides is 1. The maximum Gasteiger partial charge on any atom is 0.238 e. The van der Waals surface area contributed by atoms with Crippen LogP contribution < -0.4 is 20.7 Å². The maximum atomic E-state index is 11.4. The highest BCUT2D eigenvalue weighted by Crippen LogP contribution is 2.20. The molecule has 3 rings (SSSR count). The molecule has 1 atom stereocenters. The van der Waals surface area contributed by atoms with Crippen molar-refractivity contribution < 1.29 is 8.42 Å². The van der Waals surface area contributed by atoms with Gasteiger partial charge in [-0.1, -0.05) is 29.8 Å². The molecule has 0 saturated carbocycles. The summed E-state index contributed by atoms with van der Waals surface area (Å²) in [6.07, 6.45) is 1.04. The number of aliphatic imine (C=N–C) groups is 1. The fraction of sp³-hybridized carbons (Fsp3) is 0.381. The Morgan fingerprint density at radius 1 is 1.17 bits per heavy atom. The van der Waals surface area contributed by atoms with E-state index in [1.165, 1.54) is 23.4 Å². The average Bonchev–Trinajstić information content (AvgIpc) is 3.15. The predicted octanol–water partition coefficient (Wildman–Crippen LogP) is 2.59. The molecule has 0 bridgehead atoms. The number of hydrogen-bond donors (Lipinski definition) is 3. The van der Waals surface area contributed by atoms with Crippen molar-refractivity contribution in [2.75, 3.05) is 24.5 Å². The molecule has 1 unspecified atom stereocenters. The quantitative estimate of drug-likeness (QED) is 0.296. The molecule has 1 heterocycles. The van der Waals surface area contributed by atoms with Crippen LogP contribution in [0.1, 0.15) is 24.5 Å². The minimum Gasteiger partial charge on any atom is -0.369 e. The predicted molar refractivity (Wildman–Crippen MR) is 133 cm³/mol. The van der Waals surface area contributed by atoms with Crippen LogP contribution in [-0.2, 0) is 16.6 Å². The molecule has 2 aromatic carbocycles. The first-order valence-corrected chi connectivity index (χ1v) is 11.4. The second-order valence-corrected chi connectivity index (χ2v) is 8.86. The van der Waals surface area contributed by atoms with Crippen molar-refractivity contribution in [2.24, 2.45) is 10.1 Å². The summed E-state index contributed by atoms with van der Waals surface area (Å²) < 4.78 is 22.7. The number of rotatable bonds is 6. The lowest BCUT2D eigenvalue weighted by molar-refractivity contribution is 0.597. The summed E-state index contributed by atoms with van der Waals surface area (Å²) in [5, 5.41) is 11.9. The first-order valence-electron chi connectivity index (χ1n) is 9.83. The van der Waals surface area contributed by atoms with E-state index in [1.54, 1.807) is 12.1 Å². The van der Waals surface area contributed by atoms with E-state index < -0.39 is 10.0 Å². The van der Waals surface area contributed by atoms with Crippen molar-refractivity contribution in [3.05, 3.63) is 59.7 Å². The van der Waals surface area contributed by atoms with Gasteiger partial charge >= 0.3 is 0 Å². The van der Waals surface area contributed by atoms with Gasteiger partial charge in [0.05, 0.1) is 11.4 Å². The summed E-state index contributed by atoms with van der Waals surface area (Å²) in [5.41, 5.74) is 3.43. The third kappa shape index (κ3) is 6.85. The van der Waals surface area contributed by atoms with E-state index in [2.05, 4.69) is 51.7 Å². The van der Waals surface area contributed by atoms with Crippen molar-refractivity contribution >= 4 is 45.6 Å². The monoisotopic (exact) mass is 543 g/mol. The van der Waals surface area contributed by atoms with E-state index in [4.69, 9.17) is 5.14 Å². The van der Waals surface area contributed by atoms with Crippen molar-refractivity contribution in [3.8, 4) is 0 Å². The van der Waals surface area contributed by atoms with Gasteiger partial charge in [-0.25, -0.2) is 18.5 Å². The highest BCUT2D eigenvalue weighted by Gasteiger charge is 2.23. The Bertz CT molecular complexity index is 946. The topological polar surface area (TPSA) is 99.8 Å². The van der Waals surface area contributed by atoms with E-state index in [0.29, 0.717) is 12.6 Å². The molecular weight excluding hydrogens is 513 g/mol. The molecule has 164 valence electrons. The number of benzene rings is 2. The highest BCUT2D eigenvalue weighted by molar-refractivity contribution is 14.0. The number of nitrogens with zero attached hydrogens (tertiary/aromatic N) is 2. The molecule has 0 amide bonds.